The van der Waals surface area contributed by atoms with Gasteiger partial charge < -0.3 is 15.0 Å². The lowest BCUT2D eigenvalue weighted by atomic mass is 10.2. The minimum absolute atomic E-state index is 0.00993. The van der Waals surface area contributed by atoms with E-state index in [-0.39, 0.29) is 11.7 Å². The monoisotopic (exact) mass is 530 g/mol. The molecule has 0 spiro atoms. The SMILES string of the molecule is O=C(CSc1nc(Cl)cc(N2CCN(C/C=C/c3ccccc3)CC2)n1)NCCCN1CCOCC1. The number of hydrogen-bond acceptors (Lipinski definition) is 8. The maximum absolute atomic E-state index is 12.3. The predicted octanol–water partition coefficient (Wildman–Crippen LogP) is 2.90. The van der Waals surface area contributed by atoms with Crippen molar-refractivity contribution < 1.29 is 9.53 Å². The van der Waals surface area contributed by atoms with Crippen LogP contribution in [0.3, 0.4) is 0 Å². The molecule has 2 aliphatic rings. The summed E-state index contributed by atoms with van der Waals surface area (Å²) in [6.45, 7) is 9.77. The Kier molecular flexibility index (Phi) is 10.9. The topological polar surface area (TPSA) is 73.8 Å². The van der Waals surface area contributed by atoms with Crippen molar-refractivity contribution in [1.29, 1.82) is 0 Å². The summed E-state index contributed by atoms with van der Waals surface area (Å²) in [6, 6.07) is 12.2. The van der Waals surface area contributed by atoms with Gasteiger partial charge in [-0.25, -0.2) is 9.97 Å². The number of amides is 1. The number of piperazine rings is 1. The molecule has 0 aliphatic carbocycles. The Morgan fingerprint density at radius 1 is 1.06 bits per heavy atom. The van der Waals surface area contributed by atoms with Crippen molar-refractivity contribution >= 4 is 41.2 Å². The van der Waals surface area contributed by atoms with Crippen molar-refractivity contribution in [1.82, 2.24) is 25.1 Å². The second-order valence-electron chi connectivity index (χ2n) is 8.88. The number of carbonyl (C=O) groups excluding carboxylic acids is 1. The van der Waals surface area contributed by atoms with Crippen LogP contribution in [0.2, 0.25) is 5.15 Å². The molecule has 1 amide bonds. The molecule has 2 aromatic rings. The van der Waals surface area contributed by atoms with Crippen molar-refractivity contribution in [3.8, 4) is 0 Å². The molecule has 3 heterocycles. The molecule has 194 valence electrons. The zero-order valence-corrected chi connectivity index (χ0v) is 22.2. The largest absolute Gasteiger partial charge is 0.379 e. The van der Waals surface area contributed by atoms with Crippen molar-refractivity contribution in [2.75, 3.05) is 82.8 Å². The Balaban J connectivity index is 1.17. The highest BCUT2D eigenvalue weighted by Crippen LogP contribution is 2.23. The number of nitrogens with zero attached hydrogens (tertiary/aromatic N) is 5. The smallest absolute Gasteiger partial charge is 0.230 e. The van der Waals surface area contributed by atoms with Crippen molar-refractivity contribution in [2.45, 2.75) is 11.6 Å². The van der Waals surface area contributed by atoms with E-state index in [1.54, 1.807) is 0 Å². The molecule has 0 radical (unpaired) electrons. The first kappa shape index (κ1) is 26.9. The first-order chi connectivity index (χ1) is 17.7. The lowest BCUT2D eigenvalue weighted by molar-refractivity contribution is -0.118. The lowest BCUT2D eigenvalue weighted by Gasteiger charge is -2.35. The van der Waals surface area contributed by atoms with Gasteiger partial charge >= 0.3 is 0 Å². The van der Waals surface area contributed by atoms with Gasteiger partial charge in [0.15, 0.2) is 5.16 Å². The number of aromatic nitrogens is 2. The molecule has 0 bridgehead atoms. The van der Waals surface area contributed by atoms with Gasteiger partial charge in [-0.3, -0.25) is 14.6 Å². The van der Waals surface area contributed by atoms with E-state index in [9.17, 15) is 4.79 Å². The number of morpholine rings is 1. The zero-order chi connectivity index (χ0) is 25.0. The first-order valence-corrected chi connectivity index (χ1v) is 14.0. The first-order valence-electron chi connectivity index (χ1n) is 12.6. The van der Waals surface area contributed by atoms with Gasteiger partial charge in [0, 0.05) is 58.4 Å². The molecule has 2 aliphatic heterocycles. The summed E-state index contributed by atoms with van der Waals surface area (Å²) in [6.07, 6.45) is 5.32. The number of benzene rings is 1. The molecule has 0 atom stereocenters. The van der Waals surface area contributed by atoms with E-state index in [1.165, 1.54) is 17.3 Å². The molecule has 2 saturated heterocycles. The number of nitrogens with one attached hydrogen (secondary N) is 1. The van der Waals surface area contributed by atoms with Crippen molar-refractivity contribution in [2.24, 2.45) is 0 Å². The molecule has 1 N–H and O–H groups in total. The van der Waals surface area contributed by atoms with E-state index < -0.39 is 0 Å². The molecule has 10 heteroatoms. The van der Waals surface area contributed by atoms with Crippen LogP contribution in [0.5, 0.6) is 0 Å². The van der Waals surface area contributed by atoms with Crippen LogP contribution < -0.4 is 10.2 Å². The molecule has 0 saturated carbocycles. The summed E-state index contributed by atoms with van der Waals surface area (Å²) in [5.74, 6) is 1.09. The minimum atomic E-state index is -0.00993. The highest BCUT2D eigenvalue weighted by molar-refractivity contribution is 7.99. The van der Waals surface area contributed by atoms with E-state index in [4.69, 9.17) is 16.3 Å². The Morgan fingerprint density at radius 3 is 2.61 bits per heavy atom. The highest BCUT2D eigenvalue weighted by atomic mass is 35.5. The van der Waals surface area contributed by atoms with E-state index in [0.717, 1.165) is 77.8 Å². The Bertz CT molecular complexity index is 982. The molecule has 2 fully saturated rings. The molecular weight excluding hydrogens is 496 g/mol. The van der Waals surface area contributed by atoms with Gasteiger partial charge in [-0.1, -0.05) is 65.8 Å². The van der Waals surface area contributed by atoms with Crippen LogP contribution in [0, 0.1) is 0 Å². The third-order valence-electron chi connectivity index (χ3n) is 6.24. The Labute approximate surface area is 223 Å². The Hall–Kier alpha value is -2.17. The zero-order valence-electron chi connectivity index (χ0n) is 20.6. The average Bonchev–Trinajstić information content (AvgIpc) is 2.91. The molecule has 1 aromatic heterocycles. The van der Waals surface area contributed by atoms with Crippen LogP contribution in [-0.4, -0.2) is 104 Å². The van der Waals surface area contributed by atoms with E-state index >= 15 is 0 Å². The van der Waals surface area contributed by atoms with Gasteiger partial charge in [-0.15, -0.1) is 0 Å². The van der Waals surface area contributed by atoms with Crippen LogP contribution >= 0.6 is 23.4 Å². The summed E-state index contributed by atoms with van der Waals surface area (Å²) in [5, 5.41) is 3.93. The number of thioether (sulfide) groups is 1. The third kappa shape index (κ3) is 9.05. The second-order valence-corrected chi connectivity index (χ2v) is 10.2. The summed E-state index contributed by atoms with van der Waals surface area (Å²) < 4.78 is 5.36. The van der Waals surface area contributed by atoms with E-state index in [1.807, 2.05) is 12.1 Å². The number of carbonyl (C=O) groups is 1. The van der Waals surface area contributed by atoms with Crippen LogP contribution in [0.1, 0.15) is 12.0 Å². The summed E-state index contributed by atoms with van der Waals surface area (Å²) in [5.41, 5.74) is 1.22. The fraction of sp³-hybridized carbons (Fsp3) is 0.500. The van der Waals surface area contributed by atoms with Crippen LogP contribution in [-0.2, 0) is 9.53 Å². The minimum Gasteiger partial charge on any atom is -0.379 e. The van der Waals surface area contributed by atoms with Gasteiger partial charge in [-0.05, 0) is 18.5 Å². The number of hydrogen-bond donors (Lipinski definition) is 1. The fourth-order valence-electron chi connectivity index (χ4n) is 4.21. The molecule has 0 unspecified atom stereocenters. The van der Waals surface area contributed by atoms with E-state index in [2.05, 4.69) is 66.4 Å². The van der Waals surface area contributed by atoms with Gasteiger partial charge in [0.2, 0.25) is 5.91 Å². The van der Waals surface area contributed by atoms with Gasteiger partial charge in [0.25, 0.3) is 0 Å². The summed E-state index contributed by atoms with van der Waals surface area (Å²) >= 11 is 7.62. The molecule has 36 heavy (non-hydrogen) atoms. The van der Waals surface area contributed by atoms with Crippen LogP contribution in [0.25, 0.3) is 6.08 Å². The summed E-state index contributed by atoms with van der Waals surface area (Å²) in [7, 11) is 0. The quantitative estimate of drug-likeness (QED) is 0.206. The molecule has 1 aromatic carbocycles. The number of rotatable bonds is 11. The number of ether oxygens (including phenoxy) is 1. The van der Waals surface area contributed by atoms with Gasteiger partial charge in [0.1, 0.15) is 11.0 Å². The Morgan fingerprint density at radius 2 is 1.83 bits per heavy atom. The second kappa shape index (κ2) is 14.5. The van der Waals surface area contributed by atoms with Crippen LogP contribution in [0.15, 0.2) is 47.6 Å². The lowest BCUT2D eigenvalue weighted by Crippen LogP contribution is -2.46. The standard InChI is InChI=1S/C26H35ClN6O2S/c27-23-20-24(33-14-12-31(13-15-33)10-4-8-22-6-2-1-3-7-22)30-26(29-23)36-21-25(34)28-9-5-11-32-16-18-35-19-17-32/h1-4,6-8,20H,5,9-19,21H2,(H,28,34)/b8-4+. The fourth-order valence-corrected chi connectivity index (χ4v) is 5.12. The van der Waals surface area contributed by atoms with Gasteiger partial charge in [0.05, 0.1) is 19.0 Å². The molecule has 8 nitrogen and oxygen atoms in total. The normalized spacial score (nSPS) is 17.5. The average molecular weight is 531 g/mol. The predicted molar refractivity (Wildman–Crippen MR) is 147 cm³/mol. The van der Waals surface area contributed by atoms with Gasteiger partial charge in [-0.2, -0.15) is 0 Å². The number of anilines is 1. The summed E-state index contributed by atoms with van der Waals surface area (Å²) in [4.78, 5) is 28.3. The van der Waals surface area contributed by atoms with Crippen molar-refractivity contribution in [3.63, 3.8) is 0 Å². The van der Waals surface area contributed by atoms with E-state index in [0.29, 0.717) is 16.9 Å². The number of halogens is 1. The molecular formula is C26H35ClN6O2S. The maximum atomic E-state index is 12.3. The molecule has 4 rings (SSSR count). The van der Waals surface area contributed by atoms with Crippen molar-refractivity contribution in [3.05, 3.63) is 53.2 Å². The van der Waals surface area contributed by atoms with Crippen LogP contribution in [0.4, 0.5) is 5.82 Å². The third-order valence-corrected chi connectivity index (χ3v) is 7.28. The highest BCUT2D eigenvalue weighted by Gasteiger charge is 2.19. The maximum Gasteiger partial charge on any atom is 0.230 e.